The number of hydroxylamine groups is 1. The number of hydrogen-bond donors (Lipinski definition) is 2. The predicted octanol–water partition coefficient (Wildman–Crippen LogP) is 5.95. The summed E-state index contributed by atoms with van der Waals surface area (Å²) in [6, 6.07) is 10.2. The van der Waals surface area contributed by atoms with Crippen LogP contribution in [0.15, 0.2) is 48.5 Å². The summed E-state index contributed by atoms with van der Waals surface area (Å²) in [4.78, 5) is 19.9. The van der Waals surface area contributed by atoms with E-state index in [2.05, 4.69) is 10.8 Å². The summed E-state index contributed by atoms with van der Waals surface area (Å²) in [5.74, 6) is 0. The Bertz CT molecular complexity index is 1020. The van der Waals surface area contributed by atoms with Crippen LogP contribution in [0.1, 0.15) is 24.0 Å². The second kappa shape index (κ2) is 8.26. The number of nitrogens with one attached hydrogen (secondary N) is 2. The van der Waals surface area contributed by atoms with E-state index in [-0.39, 0.29) is 5.69 Å². The van der Waals surface area contributed by atoms with Gasteiger partial charge in [0.1, 0.15) is 5.60 Å². The molecule has 1 spiro atoms. The van der Waals surface area contributed by atoms with E-state index in [9.17, 15) is 18.0 Å². The summed E-state index contributed by atoms with van der Waals surface area (Å²) in [6.45, 7) is 0.773. The van der Waals surface area contributed by atoms with Gasteiger partial charge in [-0.1, -0.05) is 35.3 Å². The Morgan fingerprint density at radius 3 is 2.42 bits per heavy atom. The second-order valence-corrected chi connectivity index (χ2v) is 8.29. The Hall–Kier alpha value is -2.42. The van der Waals surface area contributed by atoms with Gasteiger partial charge in [-0.15, -0.1) is 0 Å². The SMILES string of the molecule is O=C(Nc1ccc(Cl)c(C(F)(F)F)c1)N1CCC2(C=C(c3ccc(Cl)cc3)NO2)CC1. The molecule has 2 heterocycles. The number of anilines is 1. The number of rotatable bonds is 2. The van der Waals surface area contributed by atoms with E-state index in [1.807, 2.05) is 18.2 Å². The number of benzene rings is 2. The zero-order valence-corrected chi connectivity index (χ0v) is 17.6. The van der Waals surface area contributed by atoms with Gasteiger partial charge in [0.25, 0.3) is 0 Å². The quantitative estimate of drug-likeness (QED) is 0.568. The molecule has 4 rings (SSSR count). The number of carbonyl (C=O) groups excluding carboxylic acids is 1. The molecule has 10 heteroatoms. The lowest BCUT2D eigenvalue weighted by Crippen LogP contribution is -2.48. The number of halogens is 5. The van der Waals surface area contributed by atoms with E-state index >= 15 is 0 Å². The molecule has 0 bridgehead atoms. The highest BCUT2D eigenvalue weighted by molar-refractivity contribution is 6.31. The largest absolute Gasteiger partial charge is 0.417 e. The first-order valence-corrected chi connectivity index (χ1v) is 10.3. The number of hydrogen-bond acceptors (Lipinski definition) is 3. The van der Waals surface area contributed by atoms with Crippen molar-refractivity contribution >= 4 is 40.6 Å². The van der Waals surface area contributed by atoms with Gasteiger partial charge < -0.3 is 10.2 Å². The Morgan fingerprint density at radius 1 is 1.10 bits per heavy atom. The van der Waals surface area contributed by atoms with Crippen molar-refractivity contribution in [3.05, 3.63) is 69.7 Å². The molecule has 0 atom stereocenters. The molecule has 1 saturated heterocycles. The van der Waals surface area contributed by atoms with Crippen LogP contribution in [-0.2, 0) is 11.0 Å². The van der Waals surface area contributed by atoms with Gasteiger partial charge in [0.2, 0.25) is 0 Å². The topological polar surface area (TPSA) is 53.6 Å². The lowest BCUT2D eigenvalue weighted by atomic mass is 9.90. The molecule has 2 amide bonds. The van der Waals surface area contributed by atoms with Crippen LogP contribution in [0.3, 0.4) is 0 Å². The average Bonchev–Trinajstić information content (AvgIpc) is 3.13. The van der Waals surface area contributed by atoms with Crippen molar-refractivity contribution in [2.45, 2.75) is 24.6 Å². The first-order valence-electron chi connectivity index (χ1n) is 9.51. The maximum atomic E-state index is 13.0. The van der Waals surface area contributed by atoms with Crippen molar-refractivity contribution in [3.63, 3.8) is 0 Å². The van der Waals surface area contributed by atoms with Crippen molar-refractivity contribution in [1.82, 2.24) is 10.4 Å². The summed E-state index contributed by atoms with van der Waals surface area (Å²) >= 11 is 11.6. The Kier molecular flexibility index (Phi) is 5.81. The fraction of sp³-hybridized carbons (Fsp3) is 0.286. The van der Waals surface area contributed by atoms with E-state index in [0.717, 1.165) is 23.4 Å². The maximum absolute atomic E-state index is 13.0. The molecule has 31 heavy (non-hydrogen) atoms. The van der Waals surface area contributed by atoms with Crippen LogP contribution in [0.25, 0.3) is 5.70 Å². The van der Waals surface area contributed by atoms with Crippen LogP contribution in [0.2, 0.25) is 10.0 Å². The second-order valence-electron chi connectivity index (χ2n) is 7.44. The molecular weight excluding hydrogens is 454 g/mol. The third kappa shape index (κ3) is 4.76. The minimum Gasteiger partial charge on any atom is -0.324 e. The molecule has 2 N–H and O–H groups in total. The highest BCUT2D eigenvalue weighted by Crippen LogP contribution is 2.37. The van der Waals surface area contributed by atoms with Crippen LogP contribution in [-0.4, -0.2) is 29.6 Å². The maximum Gasteiger partial charge on any atom is 0.417 e. The van der Waals surface area contributed by atoms with Crippen LogP contribution in [0.4, 0.5) is 23.7 Å². The van der Waals surface area contributed by atoms with Crippen molar-refractivity contribution in [2.75, 3.05) is 18.4 Å². The molecule has 5 nitrogen and oxygen atoms in total. The Labute approximate surface area is 186 Å². The third-order valence-corrected chi connectivity index (χ3v) is 5.93. The number of alkyl halides is 3. The number of piperidine rings is 1. The molecular formula is C21H18Cl2F3N3O2. The van der Waals surface area contributed by atoms with Crippen molar-refractivity contribution in [1.29, 1.82) is 0 Å². The van der Waals surface area contributed by atoms with Gasteiger partial charge in [0.15, 0.2) is 0 Å². The van der Waals surface area contributed by atoms with E-state index < -0.39 is 28.4 Å². The van der Waals surface area contributed by atoms with Crippen molar-refractivity contribution < 1.29 is 22.8 Å². The zero-order chi connectivity index (χ0) is 22.2. The van der Waals surface area contributed by atoms with Gasteiger partial charge in [-0.2, -0.15) is 13.2 Å². The number of nitrogens with zero attached hydrogens (tertiary/aromatic N) is 1. The summed E-state index contributed by atoms with van der Waals surface area (Å²) in [6.07, 6.45) is -1.52. The number of urea groups is 1. The summed E-state index contributed by atoms with van der Waals surface area (Å²) < 4.78 is 39.1. The molecule has 164 valence electrons. The molecule has 2 aromatic carbocycles. The summed E-state index contributed by atoms with van der Waals surface area (Å²) in [7, 11) is 0. The van der Waals surface area contributed by atoms with E-state index in [1.54, 1.807) is 17.0 Å². The first kappa shape index (κ1) is 21.8. The lowest BCUT2D eigenvalue weighted by Gasteiger charge is -2.36. The number of carbonyl (C=O) groups is 1. The van der Waals surface area contributed by atoms with Gasteiger partial charge in [0, 0.05) is 36.6 Å². The Balaban J connectivity index is 1.39. The van der Waals surface area contributed by atoms with Crippen LogP contribution < -0.4 is 10.8 Å². The molecule has 0 radical (unpaired) electrons. The Morgan fingerprint density at radius 2 is 1.77 bits per heavy atom. The first-order chi connectivity index (χ1) is 14.7. The molecule has 0 aliphatic carbocycles. The monoisotopic (exact) mass is 471 g/mol. The van der Waals surface area contributed by atoms with Gasteiger partial charge in [-0.05, 0) is 42.0 Å². The molecule has 0 saturated carbocycles. The third-order valence-electron chi connectivity index (χ3n) is 5.35. The van der Waals surface area contributed by atoms with Crippen LogP contribution in [0.5, 0.6) is 0 Å². The molecule has 2 aromatic rings. The number of amides is 2. The van der Waals surface area contributed by atoms with E-state index in [0.29, 0.717) is 31.0 Å². The van der Waals surface area contributed by atoms with Gasteiger partial charge >= 0.3 is 12.2 Å². The van der Waals surface area contributed by atoms with Gasteiger partial charge in [-0.3, -0.25) is 10.3 Å². The molecule has 2 aliphatic heterocycles. The molecule has 0 aromatic heterocycles. The van der Waals surface area contributed by atoms with Gasteiger partial charge in [0.05, 0.1) is 16.3 Å². The highest BCUT2D eigenvalue weighted by Gasteiger charge is 2.40. The molecule has 2 aliphatic rings. The van der Waals surface area contributed by atoms with Crippen LogP contribution >= 0.6 is 23.2 Å². The summed E-state index contributed by atoms with van der Waals surface area (Å²) in [5, 5.41) is 2.74. The number of likely N-dealkylation sites (tertiary alicyclic amines) is 1. The zero-order valence-electron chi connectivity index (χ0n) is 16.1. The summed E-state index contributed by atoms with van der Waals surface area (Å²) in [5.41, 5.74) is 3.20. The standard InChI is InChI=1S/C21H18Cl2F3N3O2/c22-14-3-1-13(2-4-14)18-12-20(31-28-18)7-9-29(10-8-20)19(30)27-15-5-6-17(23)16(11-15)21(24,25)26/h1-6,11-12,28H,7-10H2,(H,27,30). The molecule has 0 unspecified atom stereocenters. The minimum atomic E-state index is -4.60. The lowest BCUT2D eigenvalue weighted by molar-refractivity contribution is -0.137. The van der Waals surface area contributed by atoms with Gasteiger partial charge in [-0.25, -0.2) is 4.79 Å². The minimum absolute atomic E-state index is 0.0331. The highest BCUT2D eigenvalue weighted by atomic mass is 35.5. The normalized spacial score (nSPS) is 18.0. The molecule has 1 fully saturated rings. The van der Waals surface area contributed by atoms with Crippen molar-refractivity contribution in [2.24, 2.45) is 0 Å². The fourth-order valence-corrected chi connectivity index (χ4v) is 3.96. The van der Waals surface area contributed by atoms with Crippen molar-refractivity contribution in [3.8, 4) is 0 Å². The van der Waals surface area contributed by atoms with E-state index in [4.69, 9.17) is 28.0 Å². The average molecular weight is 472 g/mol. The fourth-order valence-electron chi connectivity index (χ4n) is 3.61. The smallest absolute Gasteiger partial charge is 0.324 e. The predicted molar refractivity (Wildman–Crippen MR) is 113 cm³/mol. The van der Waals surface area contributed by atoms with Crippen LogP contribution in [0, 0.1) is 0 Å². The van der Waals surface area contributed by atoms with E-state index in [1.165, 1.54) is 6.07 Å².